The van der Waals surface area contributed by atoms with Crippen molar-refractivity contribution >= 4 is 33.8 Å². The predicted octanol–water partition coefficient (Wildman–Crippen LogP) is 4.53. The van der Waals surface area contributed by atoms with Crippen LogP contribution in [0, 0.1) is 16.0 Å². The zero-order chi connectivity index (χ0) is 21.8. The van der Waals surface area contributed by atoms with Gasteiger partial charge in [0.2, 0.25) is 0 Å². The molecule has 9 heteroatoms. The van der Waals surface area contributed by atoms with Crippen molar-refractivity contribution in [3.05, 3.63) is 45.0 Å². The monoisotopic (exact) mass is 443 g/mol. The van der Waals surface area contributed by atoms with Crippen molar-refractivity contribution in [1.82, 2.24) is 9.88 Å². The Kier molecular flexibility index (Phi) is 6.82. The van der Waals surface area contributed by atoms with Gasteiger partial charge in [0.05, 0.1) is 10.6 Å². The molecule has 0 aliphatic carbocycles. The topological polar surface area (TPSA) is 91.6 Å². The molecule has 8 nitrogen and oxygen atoms in total. The molecular formula is C22H29N5O3S. The molecule has 2 aliphatic heterocycles. The van der Waals surface area contributed by atoms with Gasteiger partial charge in [-0.1, -0.05) is 6.92 Å². The number of carbonyl (C=O) groups excluding carboxylic acids is 1. The molecule has 2 aromatic rings. The minimum Gasteiger partial charge on any atom is -0.366 e. The molecule has 0 bridgehead atoms. The van der Waals surface area contributed by atoms with Gasteiger partial charge in [0.15, 0.2) is 5.13 Å². The minimum absolute atomic E-state index is 0.0198. The lowest BCUT2D eigenvalue weighted by molar-refractivity contribution is -0.384. The number of nitrogens with zero attached hydrogens (tertiary/aromatic N) is 4. The first-order chi connectivity index (χ1) is 15.0. The second kappa shape index (κ2) is 9.74. The molecule has 3 heterocycles. The molecule has 1 N–H and O–H groups in total. The number of likely N-dealkylation sites (tertiary alicyclic amines) is 1. The molecule has 1 atom stereocenters. The van der Waals surface area contributed by atoms with Gasteiger partial charge < -0.3 is 4.90 Å². The highest BCUT2D eigenvalue weighted by Gasteiger charge is 2.23. The van der Waals surface area contributed by atoms with Crippen LogP contribution in [0.3, 0.4) is 0 Å². The van der Waals surface area contributed by atoms with Gasteiger partial charge in [0, 0.05) is 43.2 Å². The molecule has 4 rings (SSSR count). The van der Waals surface area contributed by atoms with E-state index in [0.29, 0.717) is 16.7 Å². The molecule has 1 aromatic heterocycles. The maximum Gasteiger partial charge on any atom is 0.293 e. The van der Waals surface area contributed by atoms with E-state index < -0.39 is 4.92 Å². The average molecular weight is 444 g/mol. The predicted molar refractivity (Wildman–Crippen MR) is 123 cm³/mol. The lowest BCUT2D eigenvalue weighted by Gasteiger charge is -2.30. The lowest BCUT2D eigenvalue weighted by atomic mass is 10.0. The first kappa shape index (κ1) is 21.7. The van der Waals surface area contributed by atoms with Crippen LogP contribution in [0.15, 0.2) is 23.6 Å². The second-order valence-electron chi connectivity index (χ2n) is 8.59. The summed E-state index contributed by atoms with van der Waals surface area (Å²) in [5, 5.41) is 16.9. The molecule has 0 saturated carbocycles. The Morgan fingerprint density at radius 2 is 2.06 bits per heavy atom. The summed E-state index contributed by atoms with van der Waals surface area (Å²) in [6.45, 7) is 6.83. The molecule has 2 saturated heterocycles. The van der Waals surface area contributed by atoms with E-state index >= 15 is 0 Å². The SMILES string of the molecule is CC1CCCN(Cc2csc(NC(=O)c3ccc(N4CCCCC4)c([N+](=O)[O-])c3)n2)C1. The number of nitro groups is 1. The van der Waals surface area contributed by atoms with Crippen LogP contribution in [-0.4, -0.2) is 46.9 Å². The minimum atomic E-state index is -0.401. The Labute approximate surface area is 186 Å². The van der Waals surface area contributed by atoms with Crippen molar-refractivity contribution in [1.29, 1.82) is 0 Å². The Hall–Kier alpha value is -2.52. The number of hydrogen-bond acceptors (Lipinski definition) is 7. The second-order valence-corrected chi connectivity index (χ2v) is 9.45. The van der Waals surface area contributed by atoms with Crippen LogP contribution >= 0.6 is 11.3 Å². The number of thiazole rings is 1. The fourth-order valence-corrected chi connectivity index (χ4v) is 5.18. The van der Waals surface area contributed by atoms with Crippen molar-refractivity contribution in [2.45, 2.75) is 45.6 Å². The number of nitro benzene ring substituents is 1. The first-order valence-electron chi connectivity index (χ1n) is 11.0. The van der Waals surface area contributed by atoms with E-state index in [1.54, 1.807) is 12.1 Å². The normalized spacial score (nSPS) is 19.9. The maximum absolute atomic E-state index is 12.7. The summed E-state index contributed by atoms with van der Waals surface area (Å²) in [4.78, 5) is 33.0. The molecule has 166 valence electrons. The molecule has 0 spiro atoms. The van der Waals surface area contributed by atoms with Crippen LogP contribution in [-0.2, 0) is 6.54 Å². The molecule has 1 unspecified atom stereocenters. The van der Waals surface area contributed by atoms with E-state index in [1.165, 1.54) is 30.2 Å². The highest BCUT2D eigenvalue weighted by Crippen LogP contribution is 2.31. The molecule has 2 fully saturated rings. The van der Waals surface area contributed by atoms with Crippen LogP contribution in [0.1, 0.15) is 55.1 Å². The van der Waals surface area contributed by atoms with Crippen LogP contribution in [0.25, 0.3) is 0 Å². The highest BCUT2D eigenvalue weighted by atomic mass is 32.1. The smallest absolute Gasteiger partial charge is 0.293 e. The fourth-order valence-electron chi connectivity index (χ4n) is 4.48. The zero-order valence-corrected chi connectivity index (χ0v) is 18.7. The standard InChI is InChI=1S/C22H29N5O3S/c1-16-6-5-9-25(13-16)14-18-15-31-22(23-18)24-21(28)17-7-8-19(20(12-17)27(29)30)26-10-3-2-4-11-26/h7-8,12,15-16H,2-6,9-11,13-14H2,1H3,(H,23,24,28). The number of nitrogens with one attached hydrogen (secondary N) is 1. The van der Waals surface area contributed by atoms with E-state index in [0.717, 1.165) is 57.7 Å². The third-order valence-corrected chi connectivity index (χ3v) is 6.84. The number of carbonyl (C=O) groups is 1. The molecule has 1 aromatic carbocycles. The van der Waals surface area contributed by atoms with Gasteiger partial charge >= 0.3 is 0 Å². The van der Waals surface area contributed by atoms with E-state index in [2.05, 4.69) is 22.1 Å². The molecular weight excluding hydrogens is 414 g/mol. The van der Waals surface area contributed by atoms with Crippen molar-refractivity contribution in [3.63, 3.8) is 0 Å². The molecule has 31 heavy (non-hydrogen) atoms. The van der Waals surface area contributed by atoms with Crippen LogP contribution in [0.5, 0.6) is 0 Å². The fraction of sp³-hybridized carbons (Fsp3) is 0.545. The summed E-state index contributed by atoms with van der Waals surface area (Å²) in [5.41, 5.74) is 1.79. The van der Waals surface area contributed by atoms with E-state index in [1.807, 2.05) is 10.3 Å². The Morgan fingerprint density at radius 1 is 1.26 bits per heavy atom. The number of rotatable bonds is 6. The van der Waals surface area contributed by atoms with Gasteiger partial charge in [-0.15, -0.1) is 11.3 Å². The van der Waals surface area contributed by atoms with Crippen LogP contribution < -0.4 is 10.2 Å². The summed E-state index contributed by atoms with van der Waals surface area (Å²) in [5.74, 6) is 0.330. The highest BCUT2D eigenvalue weighted by molar-refractivity contribution is 7.14. The molecule has 1 amide bonds. The van der Waals surface area contributed by atoms with E-state index in [9.17, 15) is 14.9 Å². The van der Waals surface area contributed by atoms with E-state index in [4.69, 9.17) is 0 Å². The van der Waals surface area contributed by atoms with Crippen LogP contribution in [0.4, 0.5) is 16.5 Å². The van der Waals surface area contributed by atoms with Gasteiger partial charge in [-0.2, -0.15) is 0 Å². The summed E-state index contributed by atoms with van der Waals surface area (Å²) >= 11 is 1.39. The summed E-state index contributed by atoms with van der Waals surface area (Å²) < 4.78 is 0. The quantitative estimate of drug-likeness (QED) is 0.521. The van der Waals surface area contributed by atoms with Gasteiger partial charge in [0.25, 0.3) is 11.6 Å². The number of hydrogen-bond donors (Lipinski definition) is 1. The Morgan fingerprint density at radius 3 is 2.81 bits per heavy atom. The summed E-state index contributed by atoms with van der Waals surface area (Å²) in [6, 6.07) is 4.74. The largest absolute Gasteiger partial charge is 0.366 e. The summed E-state index contributed by atoms with van der Waals surface area (Å²) in [6.07, 6.45) is 5.69. The van der Waals surface area contributed by atoms with Gasteiger partial charge in [-0.3, -0.25) is 25.1 Å². The van der Waals surface area contributed by atoms with Crippen molar-refractivity contribution < 1.29 is 9.72 Å². The first-order valence-corrected chi connectivity index (χ1v) is 11.9. The number of amides is 1. The third kappa shape index (κ3) is 5.40. The van der Waals surface area contributed by atoms with Gasteiger partial charge in [-0.05, 0) is 56.7 Å². The third-order valence-electron chi connectivity index (χ3n) is 6.03. The van der Waals surface area contributed by atoms with E-state index in [-0.39, 0.29) is 17.2 Å². The number of aromatic nitrogens is 1. The van der Waals surface area contributed by atoms with Crippen molar-refractivity contribution in [3.8, 4) is 0 Å². The molecule has 0 radical (unpaired) electrons. The van der Waals surface area contributed by atoms with Crippen molar-refractivity contribution in [2.75, 3.05) is 36.4 Å². The number of anilines is 2. The maximum atomic E-state index is 12.7. The zero-order valence-electron chi connectivity index (χ0n) is 17.9. The number of piperidine rings is 2. The summed E-state index contributed by atoms with van der Waals surface area (Å²) in [7, 11) is 0. The van der Waals surface area contributed by atoms with Gasteiger partial charge in [-0.25, -0.2) is 4.98 Å². The van der Waals surface area contributed by atoms with Gasteiger partial charge in [0.1, 0.15) is 5.69 Å². The Bertz CT molecular complexity index is 941. The number of benzene rings is 1. The van der Waals surface area contributed by atoms with Crippen LogP contribution in [0.2, 0.25) is 0 Å². The van der Waals surface area contributed by atoms with Crippen molar-refractivity contribution in [2.24, 2.45) is 5.92 Å². The Balaban J connectivity index is 1.43. The lowest BCUT2D eigenvalue weighted by Crippen LogP contribution is -2.33. The molecule has 2 aliphatic rings. The average Bonchev–Trinajstić information content (AvgIpc) is 3.20.